The van der Waals surface area contributed by atoms with Crippen LogP contribution in [-0.4, -0.2) is 44.2 Å². The number of alkyl carbamates (subject to hydrolysis) is 1. The second-order valence-corrected chi connectivity index (χ2v) is 11.7. The van der Waals surface area contributed by atoms with Crippen molar-refractivity contribution in [3.8, 4) is 29.0 Å². The Kier molecular flexibility index (Phi) is 7.66. The highest BCUT2D eigenvalue weighted by atomic mass is 16.6. The number of nitrogens with zero attached hydrogens (tertiary/aromatic N) is 4. The number of nitrogens with one attached hydrogen (secondary N) is 1. The summed E-state index contributed by atoms with van der Waals surface area (Å²) >= 11 is 0. The molecule has 10 heteroatoms. The monoisotopic (exact) mass is 557 g/mol. The predicted molar refractivity (Wildman–Crippen MR) is 152 cm³/mol. The molecule has 0 saturated heterocycles. The number of hydrogen-bond acceptors (Lipinski definition) is 9. The molecular weight excluding hydrogens is 522 g/mol. The maximum atomic E-state index is 11.9. The molecule has 5 rings (SSSR count). The number of carbonyl (C=O) groups is 1. The number of aromatic nitrogens is 4. The average Bonchev–Trinajstić information content (AvgIpc) is 3.33. The molecule has 2 aromatic carbocycles. The summed E-state index contributed by atoms with van der Waals surface area (Å²) in [5.41, 5.74) is 2.04. The second kappa shape index (κ2) is 11.2. The predicted octanol–water partition coefficient (Wildman–Crippen LogP) is 6.39. The van der Waals surface area contributed by atoms with E-state index in [0.29, 0.717) is 29.0 Å². The Morgan fingerprint density at radius 2 is 1.51 bits per heavy atom. The van der Waals surface area contributed by atoms with Crippen LogP contribution in [0.2, 0.25) is 0 Å². The van der Waals surface area contributed by atoms with Gasteiger partial charge in [-0.2, -0.15) is 4.98 Å². The van der Waals surface area contributed by atoms with Gasteiger partial charge in [0.15, 0.2) is 11.5 Å². The molecule has 214 valence electrons. The molecule has 1 aliphatic rings. The summed E-state index contributed by atoms with van der Waals surface area (Å²) in [6, 6.07) is 19.6. The van der Waals surface area contributed by atoms with Gasteiger partial charge < -0.3 is 24.1 Å². The van der Waals surface area contributed by atoms with Gasteiger partial charge in [0, 0.05) is 30.4 Å². The van der Waals surface area contributed by atoms with Gasteiger partial charge in [-0.15, -0.1) is 10.2 Å². The molecule has 0 aliphatic heterocycles. The third-order valence-electron chi connectivity index (χ3n) is 6.88. The molecule has 2 aromatic heterocycles. The lowest BCUT2D eigenvalue weighted by Gasteiger charge is -2.36. The number of hydrogen-bond donors (Lipinski definition) is 1. The first-order valence-corrected chi connectivity index (χ1v) is 13.6. The van der Waals surface area contributed by atoms with Crippen LogP contribution in [0.15, 0.2) is 65.2 Å². The van der Waals surface area contributed by atoms with E-state index in [1.807, 2.05) is 45.0 Å². The summed E-state index contributed by atoms with van der Waals surface area (Å²) in [5, 5.41) is 14.9. The molecule has 2 heterocycles. The first-order valence-electron chi connectivity index (χ1n) is 13.6. The van der Waals surface area contributed by atoms with Crippen LogP contribution >= 0.6 is 0 Å². The summed E-state index contributed by atoms with van der Waals surface area (Å²) in [6.07, 6.45) is 1.21. The van der Waals surface area contributed by atoms with Gasteiger partial charge >= 0.3 is 6.09 Å². The molecule has 1 saturated carbocycles. The number of aryl methyl sites for hydroxylation is 1. The Balaban J connectivity index is 1.13. The van der Waals surface area contributed by atoms with Gasteiger partial charge in [0.05, 0.1) is 0 Å². The van der Waals surface area contributed by atoms with Crippen molar-refractivity contribution in [2.45, 2.75) is 77.5 Å². The van der Waals surface area contributed by atoms with E-state index >= 15 is 0 Å². The largest absolute Gasteiger partial charge is 0.490 e. The maximum Gasteiger partial charge on any atom is 0.407 e. The first kappa shape index (κ1) is 28.1. The van der Waals surface area contributed by atoms with E-state index in [1.54, 1.807) is 19.1 Å². The molecule has 0 unspecified atom stereocenters. The van der Waals surface area contributed by atoms with Crippen molar-refractivity contribution in [1.82, 2.24) is 25.7 Å². The van der Waals surface area contributed by atoms with Gasteiger partial charge in [-0.3, -0.25) is 0 Å². The highest BCUT2D eigenvalue weighted by Gasteiger charge is 2.33. The SMILES string of the molecule is Cc1noc(-c2ccc(Oc3ccc(C(C)(C)c4ccc(OC5CC(NC(=O)OC(C)(C)C)C5)cc4)cc3)nn2)n1. The fourth-order valence-electron chi connectivity index (χ4n) is 4.51. The van der Waals surface area contributed by atoms with Crippen molar-refractivity contribution in [1.29, 1.82) is 0 Å². The van der Waals surface area contributed by atoms with Crippen LogP contribution in [0.4, 0.5) is 4.79 Å². The van der Waals surface area contributed by atoms with Gasteiger partial charge in [0.1, 0.15) is 23.2 Å². The van der Waals surface area contributed by atoms with Crippen molar-refractivity contribution in [3.05, 3.63) is 77.6 Å². The highest BCUT2D eigenvalue weighted by molar-refractivity contribution is 5.68. The summed E-state index contributed by atoms with van der Waals surface area (Å²) in [7, 11) is 0. The lowest BCUT2D eigenvalue weighted by molar-refractivity contribution is 0.0363. The molecule has 1 N–H and O–H groups in total. The fourth-order valence-corrected chi connectivity index (χ4v) is 4.51. The molecular formula is C31H35N5O5. The van der Waals surface area contributed by atoms with Gasteiger partial charge in [0.2, 0.25) is 5.88 Å². The molecule has 0 atom stereocenters. The number of rotatable bonds is 8. The zero-order chi connectivity index (χ0) is 29.2. The zero-order valence-corrected chi connectivity index (χ0v) is 24.2. The summed E-state index contributed by atoms with van der Waals surface area (Å²) in [5.74, 6) is 2.69. The van der Waals surface area contributed by atoms with E-state index in [4.69, 9.17) is 18.7 Å². The number of ether oxygens (including phenoxy) is 3. The Labute approximate surface area is 239 Å². The standard InChI is InChI=1S/C31H35N5O5/c1-19-32-28(41-36-19)26-15-16-27(35-34-26)39-24-13-9-21(10-14-24)31(5,6)20-7-11-23(12-8-20)38-25-17-22(18-25)33-29(37)40-30(2,3)4/h7-16,22,25H,17-18H2,1-6H3,(H,33,37). The minimum Gasteiger partial charge on any atom is -0.490 e. The van der Waals surface area contributed by atoms with E-state index < -0.39 is 5.60 Å². The molecule has 0 radical (unpaired) electrons. The molecule has 0 spiro atoms. The highest BCUT2D eigenvalue weighted by Crippen LogP contribution is 2.35. The third-order valence-corrected chi connectivity index (χ3v) is 6.88. The van der Waals surface area contributed by atoms with Gasteiger partial charge in [-0.05, 0) is 69.2 Å². The van der Waals surface area contributed by atoms with Crippen LogP contribution in [-0.2, 0) is 10.2 Å². The fraction of sp³-hybridized carbons (Fsp3) is 0.387. The Hall–Kier alpha value is -4.47. The van der Waals surface area contributed by atoms with Gasteiger partial charge in [0.25, 0.3) is 5.89 Å². The molecule has 1 amide bonds. The maximum absolute atomic E-state index is 11.9. The smallest absolute Gasteiger partial charge is 0.407 e. The van der Waals surface area contributed by atoms with E-state index in [0.717, 1.165) is 29.7 Å². The lowest BCUT2D eigenvalue weighted by Crippen LogP contribution is -2.50. The Morgan fingerprint density at radius 3 is 2.05 bits per heavy atom. The van der Waals surface area contributed by atoms with E-state index in [9.17, 15) is 4.79 Å². The third kappa shape index (κ3) is 7.00. The minimum absolute atomic E-state index is 0.0743. The van der Waals surface area contributed by atoms with Crippen LogP contribution in [0, 0.1) is 6.92 Å². The van der Waals surface area contributed by atoms with Crippen molar-refractivity contribution in [2.24, 2.45) is 0 Å². The van der Waals surface area contributed by atoms with E-state index in [1.165, 1.54) is 0 Å². The van der Waals surface area contributed by atoms with E-state index in [2.05, 4.69) is 63.8 Å². The Morgan fingerprint density at radius 1 is 0.878 bits per heavy atom. The van der Waals surface area contributed by atoms with Crippen LogP contribution in [0.25, 0.3) is 11.6 Å². The zero-order valence-electron chi connectivity index (χ0n) is 24.2. The van der Waals surface area contributed by atoms with E-state index in [-0.39, 0.29) is 23.7 Å². The summed E-state index contributed by atoms with van der Waals surface area (Å²) < 4.78 is 22.4. The quantitative estimate of drug-likeness (QED) is 0.263. The number of benzene rings is 2. The second-order valence-electron chi connectivity index (χ2n) is 11.7. The van der Waals surface area contributed by atoms with Crippen molar-refractivity contribution < 1.29 is 23.5 Å². The molecule has 1 aliphatic carbocycles. The average molecular weight is 558 g/mol. The van der Waals surface area contributed by atoms with Gasteiger partial charge in [-0.1, -0.05) is 43.3 Å². The minimum atomic E-state index is -0.505. The molecule has 0 bridgehead atoms. The van der Waals surface area contributed by atoms with Gasteiger partial charge in [-0.25, -0.2) is 4.79 Å². The van der Waals surface area contributed by atoms with Crippen molar-refractivity contribution >= 4 is 6.09 Å². The number of amides is 1. The van der Waals surface area contributed by atoms with Crippen molar-refractivity contribution in [3.63, 3.8) is 0 Å². The molecule has 41 heavy (non-hydrogen) atoms. The number of carbonyl (C=O) groups excluding carboxylic acids is 1. The van der Waals surface area contributed by atoms with Crippen LogP contribution in [0.5, 0.6) is 17.4 Å². The summed E-state index contributed by atoms with van der Waals surface area (Å²) in [4.78, 5) is 16.1. The topological polar surface area (TPSA) is 121 Å². The van der Waals surface area contributed by atoms with Crippen LogP contribution in [0.3, 0.4) is 0 Å². The van der Waals surface area contributed by atoms with Crippen LogP contribution in [0.1, 0.15) is 64.4 Å². The molecule has 1 fully saturated rings. The van der Waals surface area contributed by atoms with Crippen molar-refractivity contribution in [2.75, 3.05) is 0 Å². The lowest BCUT2D eigenvalue weighted by atomic mass is 9.78. The molecule has 4 aromatic rings. The summed E-state index contributed by atoms with van der Waals surface area (Å²) in [6.45, 7) is 11.7. The van der Waals surface area contributed by atoms with Crippen LogP contribution < -0.4 is 14.8 Å². The molecule has 10 nitrogen and oxygen atoms in total. The normalized spacial score (nSPS) is 16.9. The first-order chi connectivity index (χ1) is 19.4. The Bertz CT molecular complexity index is 1470.